The SMILES string of the molecule is CC(C)(O)C(F)CNC(=O)CC1CCc2cc(C(O)(C(F)(F)F)C(F)(F)F)ccc2N1S(=O)(=O)c1ccc(F)cc1. The minimum absolute atomic E-state index is 0.273. The van der Waals surface area contributed by atoms with Gasteiger partial charge in [-0.15, -0.1) is 0 Å². The zero-order valence-corrected chi connectivity index (χ0v) is 22.3. The summed E-state index contributed by atoms with van der Waals surface area (Å²) in [6.45, 7) is 1.69. The number of rotatable bonds is 8. The summed E-state index contributed by atoms with van der Waals surface area (Å²) in [4.78, 5) is 12.1. The highest BCUT2D eigenvalue weighted by Crippen LogP contribution is 2.51. The van der Waals surface area contributed by atoms with Crippen LogP contribution in [0.1, 0.15) is 37.8 Å². The molecule has 0 spiro atoms. The molecular weight excluding hydrogens is 592 g/mol. The van der Waals surface area contributed by atoms with Crippen molar-refractivity contribution in [3.63, 3.8) is 0 Å². The molecule has 0 saturated heterocycles. The average molecular weight is 619 g/mol. The van der Waals surface area contributed by atoms with Gasteiger partial charge in [-0.05, 0) is 62.6 Å². The average Bonchev–Trinajstić information content (AvgIpc) is 2.84. The molecule has 2 aromatic carbocycles. The van der Waals surface area contributed by atoms with E-state index in [1.54, 1.807) is 0 Å². The lowest BCUT2D eigenvalue weighted by Crippen LogP contribution is -2.54. The Bertz CT molecular complexity index is 1360. The van der Waals surface area contributed by atoms with Crippen molar-refractivity contribution in [1.29, 1.82) is 0 Å². The molecule has 0 saturated carbocycles. The number of nitrogens with zero attached hydrogens (tertiary/aromatic N) is 1. The van der Waals surface area contributed by atoms with E-state index >= 15 is 0 Å². The van der Waals surface area contributed by atoms with E-state index in [-0.39, 0.29) is 30.2 Å². The van der Waals surface area contributed by atoms with E-state index in [9.17, 15) is 58.5 Å². The topological polar surface area (TPSA) is 107 Å². The van der Waals surface area contributed by atoms with Gasteiger partial charge in [0.1, 0.15) is 12.0 Å². The Labute approximate surface area is 229 Å². The monoisotopic (exact) mass is 618 g/mol. The minimum Gasteiger partial charge on any atom is -0.387 e. The van der Waals surface area contributed by atoms with Gasteiger partial charge in [0.2, 0.25) is 5.91 Å². The van der Waals surface area contributed by atoms with Crippen molar-refractivity contribution in [3.05, 3.63) is 59.4 Å². The van der Waals surface area contributed by atoms with Crippen molar-refractivity contribution in [3.8, 4) is 0 Å². The molecule has 7 nitrogen and oxygen atoms in total. The number of amides is 1. The maximum Gasteiger partial charge on any atom is 0.430 e. The van der Waals surface area contributed by atoms with Crippen LogP contribution in [0, 0.1) is 5.82 Å². The van der Waals surface area contributed by atoms with Gasteiger partial charge in [-0.1, -0.05) is 12.1 Å². The van der Waals surface area contributed by atoms with Crippen molar-refractivity contribution in [1.82, 2.24) is 5.32 Å². The van der Waals surface area contributed by atoms with Crippen molar-refractivity contribution in [2.45, 2.75) is 73.8 Å². The molecule has 2 unspecified atom stereocenters. The molecule has 0 aliphatic carbocycles. The fraction of sp³-hybridized carbons (Fsp3) is 0.480. The number of hydrogen-bond donors (Lipinski definition) is 3. The van der Waals surface area contributed by atoms with Crippen LogP contribution in [0.15, 0.2) is 47.4 Å². The minimum atomic E-state index is -6.17. The van der Waals surface area contributed by atoms with Gasteiger partial charge in [0.15, 0.2) is 0 Å². The first-order valence-corrected chi connectivity index (χ1v) is 13.5. The van der Waals surface area contributed by atoms with Gasteiger partial charge in [-0.2, -0.15) is 26.3 Å². The summed E-state index contributed by atoms with van der Waals surface area (Å²) in [7, 11) is -4.68. The number of halogens is 8. The predicted molar refractivity (Wildman–Crippen MR) is 129 cm³/mol. The van der Waals surface area contributed by atoms with Crippen LogP contribution >= 0.6 is 0 Å². The number of benzene rings is 2. The highest BCUT2D eigenvalue weighted by atomic mass is 32.2. The van der Waals surface area contributed by atoms with E-state index in [2.05, 4.69) is 5.32 Å². The van der Waals surface area contributed by atoms with E-state index in [0.717, 1.165) is 38.1 Å². The Morgan fingerprint density at radius 2 is 1.59 bits per heavy atom. The second-order valence-corrected chi connectivity index (χ2v) is 11.9. The number of aliphatic hydroxyl groups is 2. The zero-order valence-electron chi connectivity index (χ0n) is 21.5. The van der Waals surface area contributed by atoms with Gasteiger partial charge >= 0.3 is 12.4 Å². The molecule has 3 N–H and O–H groups in total. The molecule has 1 heterocycles. The number of sulfonamides is 1. The summed E-state index contributed by atoms with van der Waals surface area (Å²) in [6.07, 6.45) is -15.4. The maximum absolute atomic E-state index is 14.1. The second-order valence-electron chi connectivity index (χ2n) is 10.1. The van der Waals surface area contributed by atoms with Crippen LogP contribution in [0.5, 0.6) is 0 Å². The Morgan fingerprint density at radius 1 is 1.02 bits per heavy atom. The summed E-state index contributed by atoms with van der Waals surface area (Å²) in [6, 6.07) is 3.49. The molecule has 0 radical (unpaired) electrons. The lowest BCUT2D eigenvalue weighted by atomic mass is 9.87. The van der Waals surface area contributed by atoms with Gasteiger partial charge in [-0.25, -0.2) is 17.2 Å². The molecular formula is C25H26F8N2O5S. The first-order chi connectivity index (χ1) is 18.6. The number of fused-ring (bicyclic) bond motifs is 1. The number of nitrogens with one attached hydrogen (secondary N) is 1. The fourth-order valence-corrected chi connectivity index (χ4v) is 6.04. The molecule has 0 aromatic heterocycles. The molecule has 0 fully saturated rings. The Hall–Kier alpha value is -2.98. The normalized spacial score (nSPS) is 17.7. The molecule has 0 bridgehead atoms. The van der Waals surface area contributed by atoms with Gasteiger partial charge < -0.3 is 15.5 Å². The molecule has 16 heteroatoms. The molecule has 228 valence electrons. The van der Waals surface area contributed by atoms with Crippen molar-refractivity contribution in [2.24, 2.45) is 0 Å². The van der Waals surface area contributed by atoms with E-state index in [0.29, 0.717) is 16.4 Å². The lowest BCUT2D eigenvalue weighted by molar-refractivity contribution is -0.376. The zero-order chi connectivity index (χ0) is 31.2. The largest absolute Gasteiger partial charge is 0.430 e. The van der Waals surface area contributed by atoms with Gasteiger partial charge in [0.05, 0.1) is 28.8 Å². The van der Waals surface area contributed by atoms with Crippen molar-refractivity contribution >= 4 is 21.6 Å². The standard InChI is InChI=1S/C25H26F8N2O5S/c1-22(2,37)20(27)13-34-21(36)12-17-7-3-14-11-15(23(38,24(28,29)30)25(31,32)33)4-10-19(14)35(17)41(39,40)18-8-5-16(26)6-9-18/h4-6,8-11,17,20,37-38H,3,7,12-13H2,1-2H3,(H,34,36). The number of carbonyl (C=O) groups excluding carboxylic acids is 1. The Balaban J connectivity index is 2.07. The van der Waals surface area contributed by atoms with Gasteiger partial charge in [0.25, 0.3) is 15.6 Å². The second kappa shape index (κ2) is 11.0. The molecule has 2 atom stereocenters. The molecule has 41 heavy (non-hydrogen) atoms. The lowest BCUT2D eigenvalue weighted by Gasteiger charge is -2.39. The number of aryl methyl sites for hydroxylation is 1. The van der Waals surface area contributed by atoms with Gasteiger partial charge in [0, 0.05) is 12.0 Å². The third-order valence-electron chi connectivity index (χ3n) is 6.67. The van der Waals surface area contributed by atoms with Crippen LogP contribution in [-0.2, 0) is 26.8 Å². The van der Waals surface area contributed by atoms with Crippen LogP contribution in [0.3, 0.4) is 0 Å². The van der Waals surface area contributed by atoms with Crippen LogP contribution in [0.4, 0.5) is 40.8 Å². The third-order valence-corrected chi connectivity index (χ3v) is 8.55. The number of hydrogen-bond acceptors (Lipinski definition) is 5. The van der Waals surface area contributed by atoms with Crippen molar-refractivity contribution in [2.75, 3.05) is 10.8 Å². The number of carbonyl (C=O) groups is 1. The van der Waals surface area contributed by atoms with Crippen LogP contribution in [-0.4, -0.2) is 61.2 Å². The fourth-order valence-electron chi connectivity index (χ4n) is 4.32. The smallest absolute Gasteiger partial charge is 0.387 e. The van der Waals surface area contributed by atoms with E-state index < -0.39 is 80.9 Å². The first kappa shape index (κ1) is 32.5. The van der Waals surface area contributed by atoms with E-state index in [4.69, 9.17) is 0 Å². The summed E-state index contributed by atoms with van der Waals surface area (Å²) in [5, 5.41) is 21.7. The Morgan fingerprint density at radius 3 is 2.10 bits per heavy atom. The molecule has 2 aromatic rings. The first-order valence-electron chi connectivity index (χ1n) is 12.0. The molecule has 1 aliphatic rings. The summed E-state index contributed by atoms with van der Waals surface area (Å²) >= 11 is 0. The quantitative estimate of drug-likeness (QED) is 0.384. The van der Waals surface area contributed by atoms with Gasteiger partial charge in [-0.3, -0.25) is 9.10 Å². The van der Waals surface area contributed by atoms with Crippen LogP contribution in [0.2, 0.25) is 0 Å². The summed E-state index contributed by atoms with van der Waals surface area (Å²) in [5.41, 5.74) is -9.32. The molecule has 1 aliphatic heterocycles. The highest BCUT2D eigenvalue weighted by molar-refractivity contribution is 7.92. The van der Waals surface area contributed by atoms with E-state index in [1.807, 2.05) is 0 Å². The summed E-state index contributed by atoms with van der Waals surface area (Å²) in [5.74, 6) is -1.65. The molecule has 3 rings (SSSR count). The Kier molecular flexibility index (Phi) is 8.74. The summed E-state index contributed by atoms with van der Waals surface area (Å²) < 4.78 is 136. The van der Waals surface area contributed by atoms with Crippen LogP contribution < -0.4 is 9.62 Å². The number of anilines is 1. The maximum atomic E-state index is 14.1. The van der Waals surface area contributed by atoms with E-state index in [1.165, 1.54) is 0 Å². The highest BCUT2D eigenvalue weighted by Gasteiger charge is 2.71. The molecule has 1 amide bonds. The predicted octanol–water partition coefficient (Wildman–Crippen LogP) is 4.26. The van der Waals surface area contributed by atoms with Crippen LogP contribution in [0.25, 0.3) is 0 Å². The van der Waals surface area contributed by atoms with Crippen molar-refractivity contribution < 1.29 is 58.5 Å². The third kappa shape index (κ3) is 6.43. The number of alkyl halides is 7.